The molecule has 0 radical (unpaired) electrons. The normalized spacial score (nSPS) is 25.5. The fourth-order valence-corrected chi connectivity index (χ4v) is 5.46. The smallest absolute Gasteiger partial charge is 0.0246 e. The van der Waals surface area contributed by atoms with Crippen molar-refractivity contribution in [1.29, 1.82) is 0 Å². The molecule has 2 aliphatic rings. The molecular formula is C21H32N2S. The topological polar surface area (TPSA) is 15.3 Å². The molecule has 1 N–H and O–H groups in total. The van der Waals surface area contributed by atoms with Gasteiger partial charge < -0.3 is 0 Å². The molecule has 3 rings (SSSR count). The lowest BCUT2D eigenvalue weighted by atomic mass is 9.91. The molecule has 0 spiro atoms. The van der Waals surface area contributed by atoms with Crippen molar-refractivity contribution >= 4 is 12.1 Å². The van der Waals surface area contributed by atoms with Gasteiger partial charge >= 0.3 is 0 Å². The van der Waals surface area contributed by atoms with Crippen LogP contribution in [0.2, 0.25) is 0 Å². The van der Waals surface area contributed by atoms with Crippen molar-refractivity contribution in [3.05, 3.63) is 47.5 Å². The van der Waals surface area contributed by atoms with E-state index in [2.05, 4.69) is 47.7 Å². The Morgan fingerprint density at radius 3 is 2.62 bits per heavy atom. The van der Waals surface area contributed by atoms with Crippen LogP contribution in [0.15, 0.2) is 30.9 Å². The minimum Gasteiger partial charge on any atom is -0.247 e. The van der Waals surface area contributed by atoms with Gasteiger partial charge in [0.15, 0.2) is 0 Å². The summed E-state index contributed by atoms with van der Waals surface area (Å²) in [5.74, 6) is 1.59. The number of nitrogens with zero attached hydrogens (tertiary/aromatic N) is 1. The van der Waals surface area contributed by atoms with Crippen molar-refractivity contribution in [1.82, 2.24) is 9.03 Å². The van der Waals surface area contributed by atoms with Crippen LogP contribution in [-0.4, -0.2) is 23.4 Å². The molecule has 0 aliphatic heterocycles. The van der Waals surface area contributed by atoms with Crippen LogP contribution in [0.3, 0.4) is 0 Å². The summed E-state index contributed by atoms with van der Waals surface area (Å²) in [6, 6.07) is 7.79. The lowest BCUT2D eigenvalue weighted by Crippen LogP contribution is -2.36. The van der Waals surface area contributed by atoms with E-state index in [1.54, 1.807) is 11.1 Å². The first-order chi connectivity index (χ1) is 11.7. The number of hydrogen-bond donors (Lipinski definition) is 1. The van der Waals surface area contributed by atoms with Gasteiger partial charge in [0.2, 0.25) is 0 Å². The highest BCUT2D eigenvalue weighted by Gasteiger charge is 2.39. The molecule has 3 heteroatoms. The van der Waals surface area contributed by atoms with Gasteiger partial charge in [-0.2, -0.15) is 0 Å². The van der Waals surface area contributed by atoms with Crippen LogP contribution >= 0.6 is 12.1 Å². The van der Waals surface area contributed by atoms with Crippen molar-refractivity contribution in [2.45, 2.75) is 58.4 Å². The lowest BCUT2D eigenvalue weighted by Gasteiger charge is -2.27. The number of allylic oxidation sites excluding steroid dienone is 1. The van der Waals surface area contributed by atoms with Gasteiger partial charge in [0.05, 0.1) is 0 Å². The quantitative estimate of drug-likeness (QED) is 0.539. The molecule has 1 saturated carbocycles. The SMILES string of the molecule is C=CCc1ccc2c(c1)C[C@H]1CC[C@@H](C2)C1NSN(CC)CCC. The highest BCUT2D eigenvalue weighted by Crippen LogP contribution is 2.41. The van der Waals surface area contributed by atoms with E-state index in [1.165, 1.54) is 44.2 Å². The Morgan fingerprint density at radius 1 is 1.21 bits per heavy atom. The monoisotopic (exact) mass is 344 g/mol. The highest BCUT2D eigenvalue weighted by atomic mass is 32.2. The second kappa shape index (κ2) is 8.55. The first-order valence-electron chi connectivity index (χ1n) is 9.64. The summed E-state index contributed by atoms with van der Waals surface area (Å²) in [7, 11) is 0. The van der Waals surface area contributed by atoms with Crippen molar-refractivity contribution in [2.75, 3.05) is 13.1 Å². The fraction of sp³-hybridized carbons (Fsp3) is 0.619. The average molecular weight is 345 g/mol. The van der Waals surface area contributed by atoms with E-state index in [1.807, 2.05) is 18.2 Å². The highest BCUT2D eigenvalue weighted by molar-refractivity contribution is 7.95. The van der Waals surface area contributed by atoms with Crippen LogP contribution in [0.5, 0.6) is 0 Å². The molecule has 0 heterocycles. The van der Waals surface area contributed by atoms with E-state index >= 15 is 0 Å². The average Bonchev–Trinajstić information content (AvgIpc) is 2.86. The number of hydrogen-bond acceptors (Lipinski definition) is 3. The molecule has 24 heavy (non-hydrogen) atoms. The van der Waals surface area contributed by atoms with Crippen molar-refractivity contribution in [3.63, 3.8) is 0 Å². The number of nitrogens with one attached hydrogen (secondary N) is 1. The van der Waals surface area contributed by atoms with Gasteiger partial charge in [-0.15, -0.1) is 6.58 Å². The van der Waals surface area contributed by atoms with Crippen LogP contribution in [0.4, 0.5) is 0 Å². The first kappa shape index (κ1) is 18.0. The van der Waals surface area contributed by atoms with Crippen molar-refractivity contribution in [2.24, 2.45) is 11.8 Å². The second-order valence-electron chi connectivity index (χ2n) is 7.36. The number of rotatable bonds is 8. The third-order valence-electron chi connectivity index (χ3n) is 5.68. The molecule has 2 aliphatic carbocycles. The number of fused-ring (bicyclic) bond motifs is 3. The maximum atomic E-state index is 3.88. The van der Waals surface area contributed by atoms with Gasteiger partial charge in [-0.05, 0) is 67.1 Å². The van der Waals surface area contributed by atoms with Crippen molar-refractivity contribution in [3.8, 4) is 0 Å². The standard InChI is InChI=1S/C21H32N2S/c1-4-7-16-8-9-17-14-18-10-11-19(15-20(17)13-16)21(18)22-24-23(6-3)12-5-2/h4,8-9,13,18-19,21-22H,1,5-7,10-12,14-15H2,2-3H3/t18-,19+,21?/m0/s1. The third kappa shape index (κ3) is 4.07. The summed E-state index contributed by atoms with van der Waals surface area (Å²) in [6.45, 7) is 10.7. The summed E-state index contributed by atoms with van der Waals surface area (Å²) >= 11 is 1.87. The molecular weight excluding hydrogens is 312 g/mol. The molecule has 2 bridgehead atoms. The summed E-state index contributed by atoms with van der Waals surface area (Å²) in [6.07, 6.45) is 9.48. The van der Waals surface area contributed by atoms with Gasteiger partial charge in [-0.1, -0.05) is 38.1 Å². The maximum Gasteiger partial charge on any atom is 0.0246 e. The van der Waals surface area contributed by atoms with Gasteiger partial charge in [0.1, 0.15) is 0 Å². The minimum absolute atomic E-state index is 0.663. The molecule has 1 aromatic rings. The van der Waals surface area contributed by atoms with Gasteiger partial charge in [0.25, 0.3) is 0 Å². The Kier molecular flexibility index (Phi) is 6.43. The van der Waals surface area contributed by atoms with E-state index in [-0.39, 0.29) is 0 Å². The van der Waals surface area contributed by atoms with Gasteiger partial charge in [0, 0.05) is 31.3 Å². The molecule has 1 aromatic carbocycles. The molecule has 1 unspecified atom stereocenters. The zero-order valence-corrected chi connectivity index (χ0v) is 16.1. The first-order valence-corrected chi connectivity index (χ1v) is 10.4. The predicted octanol–water partition coefficient (Wildman–Crippen LogP) is 4.79. The van der Waals surface area contributed by atoms with Crippen LogP contribution in [-0.2, 0) is 19.3 Å². The predicted molar refractivity (Wildman–Crippen MR) is 106 cm³/mol. The summed E-state index contributed by atoms with van der Waals surface area (Å²) in [5.41, 5.74) is 4.60. The largest absolute Gasteiger partial charge is 0.247 e. The zero-order valence-electron chi connectivity index (χ0n) is 15.3. The molecule has 3 atom stereocenters. The van der Waals surface area contributed by atoms with Crippen molar-refractivity contribution < 1.29 is 0 Å². The van der Waals surface area contributed by atoms with E-state index in [0.717, 1.165) is 24.8 Å². The molecule has 0 saturated heterocycles. The van der Waals surface area contributed by atoms with Gasteiger partial charge in [-0.25, -0.2) is 9.03 Å². The van der Waals surface area contributed by atoms with E-state index in [9.17, 15) is 0 Å². The minimum atomic E-state index is 0.663. The van der Waals surface area contributed by atoms with Gasteiger partial charge in [-0.3, -0.25) is 0 Å². The fourth-order valence-electron chi connectivity index (χ4n) is 4.40. The lowest BCUT2D eigenvalue weighted by molar-refractivity contribution is 0.390. The molecule has 0 aromatic heterocycles. The molecule has 0 amide bonds. The molecule has 132 valence electrons. The van der Waals surface area contributed by atoms with E-state index in [4.69, 9.17) is 0 Å². The van der Waals surface area contributed by atoms with Crippen LogP contribution in [0.25, 0.3) is 0 Å². The summed E-state index contributed by atoms with van der Waals surface area (Å²) in [5, 5.41) is 0. The Bertz CT molecular complexity index is 557. The summed E-state index contributed by atoms with van der Waals surface area (Å²) < 4.78 is 6.32. The Labute approximate surface area is 152 Å². The zero-order chi connectivity index (χ0) is 16.9. The molecule has 1 fully saturated rings. The second-order valence-corrected chi connectivity index (χ2v) is 8.29. The van der Waals surface area contributed by atoms with Crippen LogP contribution in [0, 0.1) is 11.8 Å². The van der Waals surface area contributed by atoms with E-state index < -0.39 is 0 Å². The molecule has 2 nitrogen and oxygen atoms in total. The Hall–Kier alpha value is -0.770. The third-order valence-corrected chi connectivity index (χ3v) is 6.76. The Morgan fingerprint density at radius 2 is 1.96 bits per heavy atom. The van der Waals surface area contributed by atoms with Crippen LogP contribution < -0.4 is 4.72 Å². The van der Waals surface area contributed by atoms with E-state index in [0.29, 0.717) is 6.04 Å². The van der Waals surface area contributed by atoms with Crippen LogP contribution in [0.1, 0.15) is 49.8 Å². The maximum absolute atomic E-state index is 3.88. The Balaban J connectivity index is 1.69. The summed E-state index contributed by atoms with van der Waals surface area (Å²) in [4.78, 5) is 0. The number of benzene rings is 1.